The van der Waals surface area contributed by atoms with Gasteiger partial charge in [-0.15, -0.1) is 0 Å². The number of hydrogen-bond acceptors (Lipinski definition) is 5. The summed E-state index contributed by atoms with van der Waals surface area (Å²) in [5.41, 5.74) is 6.99. The van der Waals surface area contributed by atoms with Crippen molar-refractivity contribution < 1.29 is 18.0 Å². The first-order valence-electron chi connectivity index (χ1n) is 13.0. The minimum absolute atomic E-state index is 0.226. The number of hydrogen-bond donors (Lipinski definition) is 4. The number of anilines is 1. The third-order valence-corrected chi connectivity index (χ3v) is 8.44. The predicted molar refractivity (Wildman–Crippen MR) is 147 cm³/mol. The Bertz CT molecular complexity index is 1090. The van der Waals surface area contributed by atoms with E-state index in [-0.39, 0.29) is 30.5 Å². The molecule has 1 fully saturated rings. The van der Waals surface area contributed by atoms with E-state index in [0.29, 0.717) is 32.2 Å². The van der Waals surface area contributed by atoms with Crippen molar-refractivity contribution in [2.75, 3.05) is 24.2 Å². The Morgan fingerprint density at radius 3 is 2.24 bits per heavy atom. The maximum absolute atomic E-state index is 12.8. The Labute approximate surface area is 220 Å². The standard InChI is InChI=1S/C28H39N4O4S/c29-27(34)28(17-8-3-9-18-28)19-16-26(33)32-25(15-14-23-10-4-1-5-11-23)22-37(35,36)31-21-20-30-24-12-6-2-7-13-24/h1-2,4-7,10-13,16,25,30-31H,3,8-9,14-15,17-22H2,(H2,29,34)(H,32,33). The van der Waals surface area contributed by atoms with Gasteiger partial charge in [0.1, 0.15) is 0 Å². The fraction of sp³-hybridized carbons (Fsp3) is 0.464. The average Bonchev–Trinajstić information content (AvgIpc) is 2.90. The number of primary amides is 1. The molecule has 0 aromatic heterocycles. The lowest BCUT2D eigenvalue weighted by Gasteiger charge is -2.34. The van der Waals surface area contributed by atoms with Crippen molar-refractivity contribution in [3.63, 3.8) is 0 Å². The number of benzene rings is 2. The molecule has 1 aliphatic carbocycles. The highest BCUT2D eigenvalue weighted by Crippen LogP contribution is 2.39. The van der Waals surface area contributed by atoms with E-state index in [0.717, 1.165) is 30.5 Å². The van der Waals surface area contributed by atoms with Gasteiger partial charge in [0.05, 0.1) is 12.2 Å². The van der Waals surface area contributed by atoms with E-state index in [9.17, 15) is 18.0 Å². The van der Waals surface area contributed by atoms with Crippen LogP contribution in [0.3, 0.4) is 0 Å². The number of nitrogens with one attached hydrogen (secondary N) is 3. The van der Waals surface area contributed by atoms with Crippen LogP contribution in [0.15, 0.2) is 60.7 Å². The normalized spacial score (nSPS) is 16.0. The van der Waals surface area contributed by atoms with Crippen LogP contribution in [-0.2, 0) is 26.0 Å². The summed E-state index contributed by atoms with van der Waals surface area (Å²) in [6, 6.07) is 18.7. The zero-order valence-electron chi connectivity index (χ0n) is 21.3. The molecule has 0 aliphatic heterocycles. The molecule has 0 saturated heterocycles. The minimum atomic E-state index is -3.64. The van der Waals surface area contributed by atoms with Crippen molar-refractivity contribution in [2.24, 2.45) is 11.1 Å². The quantitative estimate of drug-likeness (QED) is 0.264. The summed E-state index contributed by atoms with van der Waals surface area (Å²) < 4.78 is 28.3. The Kier molecular flexibility index (Phi) is 11.0. The Morgan fingerprint density at radius 1 is 0.946 bits per heavy atom. The van der Waals surface area contributed by atoms with E-state index in [1.165, 1.54) is 6.42 Å². The summed E-state index contributed by atoms with van der Waals surface area (Å²) in [5, 5.41) is 6.04. The van der Waals surface area contributed by atoms with Crippen molar-refractivity contribution in [1.29, 1.82) is 0 Å². The molecule has 9 heteroatoms. The Morgan fingerprint density at radius 2 is 1.59 bits per heavy atom. The first kappa shape index (κ1) is 28.7. The van der Waals surface area contributed by atoms with Gasteiger partial charge in [0.2, 0.25) is 21.8 Å². The molecule has 0 heterocycles. The highest BCUT2D eigenvalue weighted by molar-refractivity contribution is 7.89. The number of rotatable bonds is 15. The molecular formula is C28H39N4O4S. The smallest absolute Gasteiger partial charge is 0.224 e. The summed E-state index contributed by atoms with van der Waals surface area (Å²) >= 11 is 0. The molecule has 5 N–H and O–H groups in total. The predicted octanol–water partition coefficient (Wildman–Crippen LogP) is 3.17. The molecule has 0 bridgehead atoms. The summed E-state index contributed by atoms with van der Waals surface area (Å²) in [6.07, 6.45) is 7.09. The fourth-order valence-electron chi connectivity index (χ4n) is 4.80. The average molecular weight is 528 g/mol. The molecule has 2 amide bonds. The van der Waals surface area contributed by atoms with Crippen LogP contribution in [0.4, 0.5) is 5.69 Å². The van der Waals surface area contributed by atoms with Crippen LogP contribution < -0.4 is 21.1 Å². The van der Waals surface area contributed by atoms with Crippen LogP contribution in [-0.4, -0.2) is 45.1 Å². The first-order valence-corrected chi connectivity index (χ1v) is 14.7. The second-order valence-corrected chi connectivity index (χ2v) is 11.7. The van der Waals surface area contributed by atoms with Gasteiger partial charge >= 0.3 is 0 Å². The SMILES string of the molecule is NC(=O)C1(C[CH]C(=O)NC(CCc2ccccc2)CS(=O)(=O)NCCNc2ccccc2)CCCCC1. The lowest BCUT2D eigenvalue weighted by molar-refractivity contribution is -0.129. The molecule has 2 aromatic rings. The molecule has 37 heavy (non-hydrogen) atoms. The number of aryl methyl sites for hydroxylation is 1. The van der Waals surface area contributed by atoms with E-state index in [1.54, 1.807) is 0 Å². The molecule has 3 rings (SSSR count). The Balaban J connectivity index is 1.55. The molecular weight excluding hydrogens is 488 g/mol. The van der Waals surface area contributed by atoms with Crippen LogP contribution in [0.25, 0.3) is 0 Å². The zero-order chi connectivity index (χ0) is 26.6. The number of amides is 2. The van der Waals surface area contributed by atoms with Gasteiger partial charge in [-0.2, -0.15) is 0 Å². The van der Waals surface area contributed by atoms with Crippen LogP contribution in [0, 0.1) is 11.8 Å². The summed E-state index contributed by atoms with van der Waals surface area (Å²) in [4.78, 5) is 25.0. The van der Waals surface area contributed by atoms with Gasteiger partial charge in [0.15, 0.2) is 0 Å². The molecule has 1 unspecified atom stereocenters. The number of carbonyl (C=O) groups excluding carboxylic acids is 2. The molecule has 1 aliphatic rings. The molecule has 201 valence electrons. The zero-order valence-corrected chi connectivity index (χ0v) is 22.1. The van der Waals surface area contributed by atoms with Crippen molar-refractivity contribution in [2.45, 2.75) is 57.4 Å². The van der Waals surface area contributed by atoms with E-state index in [4.69, 9.17) is 5.73 Å². The topological polar surface area (TPSA) is 130 Å². The van der Waals surface area contributed by atoms with E-state index in [1.807, 2.05) is 60.7 Å². The van der Waals surface area contributed by atoms with Gasteiger partial charge in [-0.25, -0.2) is 13.1 Å². The van der Waals surface area contributed by atoms with E-state index in [2.05, 4.69) is 15.4 Å². The fourth-order valence-corrected chi connectivity index (χ4v) is 6.11. The largest absolute Gasteiger partial charge is 0.384 e. The van der Waals surface area contributed by atoms with E-state index >= 15 is 0 Å². The summed E-state index contributed by atoms with van der Waals surface area (Å²) in [7, 11) is -3.64. The van der Waals surface area contributed by atoms with Gasteiger partial charge in [0.25, 0.3) is 0 Å². The summed E-state index contributed by atoms with van der Waals surface area (Å²) in [6.45, 7) is 0.664. The third kappa shape index (κ3) is 9.81. The molecule has 1 saturated carbocycles. The Hall–Kier alpha value is -2.91. The first-order chi connectivity index (χ1) is 17.8. The molecule has 2 aromatic carbocycles. The highest BCUT2D eigenvalue weighted by Gasteiger charge is 2.38. The lowest BCUT2D eigenvalue weighted by atomic mass is 9.70. The molecule has 8 nitrogen and oxygen atoms in total. The van der Waals surface area contributed by atoms with Crippen molar-refractivity contribution in [3.8, 4) is 0 Å². The van der Waals surface area contributed by atoms with Crippen molar-refractivity contribution in [1.82, 2.24) is 10.0 Å². The number of nitrogens with two attached hydrogens (primary N) is 1. The molecule has 0 spiro atoms. The lowest BCUT2D eigenvalue weighted by Crippen LogP contribution is -2.45. The maximum atomic E-state index is 12.8. The molecule has 1 atom stereocenters. The maximum Gasteiger partial charge on any atom is 0.224 e. The van der Waals surface area contributed by atoms with Crippen molar-refractivity contribution in [3.05, 3.63) is 72.6 Å². The van der Waals surface area contributed by atoms with Gasteiger partial charge < -0.3 is 16.4 Å². The highest BCUT2D eigenvalue weighted by atomic mass is 32.2. The van der Waals surface area contributed by atoms with Crippen molar-refractivity contribution >= 4 is 27.5 Å². The van der Waals surface area contributed by atoms with Crippen LogP contribution in [0.5, 0.6) is 0 Å². The second-order valence-electron chi connectivity index (χ2n) is 9.81. The second kappa shape index (κ2) is 14.1. The number of sulfonamides is 1. The number of para-hydroxylation sites is 1. The minimum Gasteiger partial charge on any atom is -0.384 e. The van der Waals surface area contributed by atoms with E-state index < -0.39 is 21.5 Å². The van der Waals surface area contributed by atoms with Gasteiger partial charge in [-0.3, -0.25) is 9.59 Å². The van der Waals surface area contributed by atoms with Crippen LogP contribution in [0.1, 0.15) is 50.5 Å². The third-order valence-electron chi connectivity index (χ3n) is 6.95. The van der Waals surface area contributed by atoms with Crippen LogP contribution in [0.2, 0.25) is 0 Å². The van der Waals surface area contributed by atoms with Gasteiger partial charge in [-0.1, -0.05) is 67.8 Å². The van der Waals surface area contributed by atoms with Gasteiger partial charge in [0, 0.05) is 30.2 Å². The monoisotopic (exact) mass is 527 g/mol. The molecule has 1 radical (unpaired) electrons. The van der Waals surface area contributed by atoms with Crippen LogP contribution >= 0.6 is 0 Å². The summed E-state index contributed by atoms with van der Waals surface area (Å²) in [5.74, 6) is -0.968. The number of carbonyl (C=O) groups is 2. The van der Waals surface area contributed by atoms with Gasteiger partial charge in [-0.05, 0) is 49.8 Å².